The molecule has 6 heteroatoms. The third-order valence-electron chi connectivity index (χ3n) is 2.98. The number of ether oxygens (including phenoxy) is 2. The highest BCUT2D eigenvalue weighted by Crippen LogP contribution is 2.23. The van der Waals surface area contributed by atoms with E-state index in [1.807, 2.05) is 13.8 Å². The maximum Gasteiger partial charge on any atom is 0.272 e. The summed E-state index contributed by atoms with van der Waals surface area (Å²) in [6.07, 6.45) is 1.62. The quantitative estimate of drug-likeness (QED) is 0.517. The maximum atomic E-state index is 13.5. The zero-order valence-corrected chi connectivity index (χ0v) is 14.2. The van der Waals surface area contributed by atoms with Crippen LogP contribution in [0, 0.1) is 11.6 Å². The number of hydrogen-bond donors (Lipinski definition) is 0. The van der Waals surface area contributed by atoms with Crippen molar-refractivity contribution in [2.45, 2.75) is 39.1 Å². The molecule has 0 aliphatic rings. The van der Waals surface area contributed by atoms with Gasteiger partial charge in [0, 0.05) is 25.7 Å². The predicted octanol–water partition coefficient (Wildman–Crippen LogP) is 2.31. The fourth-order valence-electron chi connectivity index (χ4n) is 2.07. The van der Waals surface area contributed by atoms with Crippen LogP contribution in [-0.4, -0.2) is 29.7 Å². The Hall–Kier alpha value is -0.823. The third kappa shape index (κ3) is 4.94. The third-order valence-corrected chi connectivity index (χ3v) is 3.61. The van der Waals surface area contributed by atoms with Gasteiger partial charge in [-0.05, 0) is 38.3 Å². The van der Waals surface area contributed by atoms with Crippen molar-refractivity contribution in [3.8, 4) is 0 Å². The smallest absolute Gasteiger partial charge is 0.272 e. The SMILES string of the molecule is CCOC(CCCc1ccc(F)cc1F)(O[SiH3])OCC. The van der Waals surface area contributed by atoms with Crippen LogP contribution < -0.4 is 0 Å². The van der Waals surface area contributed by atoms with Gasteiger partial charge in [-0.3, -0.25) is 0 Å². The summed E-state index contributed by atoms with van der Waals surface area (Å²) in [7, 11) is 0.485. The van der Waals surface area contributed by atoms with Crippen molar-refractivity contribution in [1.29, 1.82) is 0 Å². The summed E-state index contributed by atoms with van der Waals surface area (Å²) >= 11 is 0. The minimum Gasteiger partial charge on any atom is -0.380 e. The van der Waals surface area contributed by atoms with Crippen molar-refractivity contribution in [2.75, 3.05) is 13.2 Å². The molecule has 1 aromatic rings. The van der Waals surface area contributed by atoms with Gasteiger partial charge in [-0.15, -0.1) is 0 Å². The minimum absolute atomic E-state index is 0.479. The maximum absolute atomic E-state index is 13.5. The molecule has 3 nitrogen and oxygen atoms in total. The van der Waals surface area contributed by atoms with Crippen LogP contribution in [0.1, 0.15) is 32.3 Å². The Bertz CT molecular complexity index is 409. The Balaban J connectivity index is 2.59. The van der Waals surface area contributed by atoms with Crippen LogP contribution in [-0.2, 0) is 20.3 Å². The van der Waals surface area contributed by atoms with E-state index in [2.05, 4.69) is 0 Å². The molecule has 0 unspecified atom stereocenters. The van der Waals surface area contributed by atoms with Crippen LogP contribution in [0.3, 0.4) is 0 Å². The van der Waals surface area contributed by atoms with E-state index in [-0.39, 0.29) is 0 Å². The standard InChI is InChI=1S/C14H22F2O3Si/c1-3-17-14(19-20,18-4-2)9-5-6-11-7-8-12(15)10-13(11)16/h7-8,10H,3-6,9H2,1-2,20H3. The van der Waals surface area contributed by atoms with Crippen LogP contribution in [0.15, 0.2) is 18.2 Å². The van der Waals surface area contributed by atoms with Crippen molar-refractivity contribution in [2.24, 2.45) is 0 Å². The average molecular weight is 304 g/mol. The lowest BCUT2D eigenvalue weighted by molar-refractivity contribution is -0.343. The molecule has 20 heavy (non-hydrogen) atoms. The van der Waals surface area contributed by atoms with Crippen LogP contribution in [0.5, 0.6) is 0 Å². The molecular weight excluding hydrogens is 282 g/mol. The first-order valence-corrected chi connectivity index (χ1v) is 7.65. The highest BCUT2D eigenvalue weighted by molar-refractivity contribution is 5.98. The first-order chi connectivity index (χ1) is 9.56. The fourth-order valence-corrected chi connectivity index (χ4v) is 2.51. The lowest BCUT2D eigenvalue weighted by Crippen LogP contribution is -2.39. The number of rotatable bonds is 9. The van der Waals surface area contributed by atoms with Gasteiger partial charge in [-0.2, -0.15) is 0 Å². The summed E-state index contributed by atoms with van der Waals surface area (Å²) in [5.41, 5.74) is 0.488. The topological polar surface area (TPSA) is 27.7 Å². The van der Waals surface area contributed by atoms with Gasteiger partial charge in [-0.25, -0.2) is 8.78 Å². The van der Waals surface area contributed by atoms with E-state index in [4.69, 9.17) is 13.9 Å². The largest absolute Gasteiger partial charge is 0.380 e. The van der Waals surface area contributed by atoms with E-state index in [1.54, 1.807) is 0 Å². The summed E-state index contributed by atoms with van der Waals surface area (Å²) < 4.78 is 42.9. The van der Waals surface area contributed by atoms with Crippen molar-refractivity contribution < 1.29 is 22.7 Å². The van der Waals surface area contributed by atoms with Gasteiger partial charge in [0.2, 0.25) is 0 Å². The normalized spacial score (nSPS) is 12.0. The van der Waals surface area contributed by atoms with Gasteiger partial charge >= 0.3 is 0 Å². The molecule has 1 aromatic carbocycles. The fraction of sp³-hybridized carbons (Fsp3) is 0.571. The molecule has 0 atom stereocenters. The molecule has 0 saturated carbocycles. The summed E-state index contributed by atoms with van der Waals surface area (Å²) in [5.74, 6) is -2.10. The Morgan fingerprint density at radius 2 is 1.80 bits per heavy atom. The highest BCUT2D eigenvalue weighted by atomic mass is 28.2. The summed E-state index contributed by atoms with van der Waals surface area (Å²) in [5, 5.41) is 0. The van der Waals surface area contributed by atoms with Crippen molar-refractivity contribution in [1.82, 2.24) is 0 Å². The molecule has 0 aliphatic carbocycles. The molecule has 1 rings (SSSR count). The Morgan fingerprint density at radius 1 is 1.15 bits per heavy atom. The van der Waals surface area contributed by atoms with Gasteiger partial charge in [-0.1, -0.05) is 6.07 Å². The van der Waals surface area contributed by atoms with Gasteiger partial charge in [0.05, 0.1) is 0 Å². The number of aryl methyl sites for hydroxylation is 1. The molecule has 0 fully saturated rings. The van der Waals surface area contributed by atoms with Crippen LogP contribution in [0.4, 0.5) is 8.78 Å². The second-order valence-corrected chi connectivity index (χ2v) is 4.75. The second kappa shape index (κ2) is 8.46. The lowest BCUT2D eigenvalue weighted by atomic mass is 10.1. The number of benzene rings is 1. The minimum atomic E-state index is -1.02. The summed E-state index contributed by atoms with van der Waals surface area (Å²) in [4.78, 5) is 0. The number of hydrogen-bond acceptors (Lipinski definition) is 3. The van der Waals surface area contributed by atoms with Gasteiger partial charge in [0.15, 0.2) is 10.5 Å². The van der Waals surface area contributed by atoms with E-state index in [0.29, 0.717) is 48.5 Å². The molecule has 0 radical (unpaired) electrons. The first kappa shape index (κ1) is 17.2. The zero-order valence-electron chi connectivity index (χ0n) is 12.2. The molecule has 0 spiro atoms. The van der Waals surface area contributed by atoms with E-state index < -0.39 is 17.6 Å². The van der Waals surface area contributed by atoms with Crippen LogP contribution in [0.25, 0.3) is 0 Å². The van der Waals surface area contributed by atoms with Gasteiger partial charge < -0.3 is 13.9 Å². The van der Waals surface area contributed by atoms with Gasteiger partial charge in [0.1, 0.15) is 11.6 Å². The van der Waals surface area contributed by atoms with Crippen molar-refractivity contribution in [3.63, 3.8) is 0 Å². The Morgan fingerprint density at radius 3 is 2.30 bits per heavy atom. The molecule has 0 aromatic heterocycles. The lowest BCUT2D eigenvalue weighted by Gasteiger charge is -2.31. The van der Waals surface area contributed by atoms with E-state index in [1.165, 1.54) is 12.1 Å². The average Bonchev–Trinajstić information content (AvgIpc) is 2.41. The Kier molecular flexibility index (Phi) is 7.29. The monoisotopic (exact) mass is 304 g/mol. The molecule has 0 N–H and O–H groups in total. The molecule has 0 amide bonds. The molecule has 114 valence electrons. The molecule has 0 bridgehead atoms. The second-order valence-electron chi connectivity index (χ2n) is 4.34. The predicted molar refractivity (Wildman–Crippen MR) is 76.3 cm³/mol. The van der Waals surface area contributed by atoms with Crippen molar-refractivity contribution in [3.05, 3.63) is 35.4 Å². The van der Waals surface area contributed by atoms with E-state index in [9.17, 15) is 8.78 Å². The zero-order chi connectivity index (χ0) is 15.0. The first-order valence-electron chi connectivity index (χ1n) is 6.84. The molecule has 0 saturated heterocycles. The molecule has 0 heterocycles. The summed E-state index contributed by atoms with van der Waals surface area (Å²) in [6.45, 7) is 4.70. The van der Waals surface area contributed by atoms with E-state index in [0.717, 1.165) is 6.07 Å². The summed E-state index contributed by atoms with van der Waals surface area (Å²) in [6, 6.07) is 3.63. The van der Waals surface area contributed by atoms with E-state index >= 15 is 0 Å². The Labute approximate surface area is 121 Å². The number of halogens is 2. The molecular formula is C14H22F2O3Si. The highest BCUT2D eigenvalue weighted by Gasteiger charge is 2.30. The van der Waals surface area contributed by atoms with Crippen molar-refractivity contribution >= 4 is 10.5 Å². The van der Waals surface area contributed by atoms with Crippen LogP contribution >= 0.6 is 0 Å². The molecule has 0 aliphatic heterocycles. The van der Waals surface area contributed by atoms with Crippen LogP contribution in [0.2, 0.25) is 0 Å². The van der Waals surface area contributed by atoms with Gasteiger partial charge in [0.25, 0.3) is 5.97 Å².